The average molecular weight is 608 g/mol. The van der Waals surface area contributed by atoms with Gasteiger partial charge in [-0.3, -0.25) is 14.5 Å². The molecule has 2 aromatic carbocycles. The number of carbonyl (C=O) groups excluding carboxylic acids is 2. The van der Waals surface area contributed by atoms with Gasteiger partial charge < -0.3 is 24.6 Å². The van der Waals surface area contributed by atoms with Crippen molar-refractivity contribution < 1.29 is 23.5 Å². The molecule has 2 aliphatic heterocycles. The molecule has 2 N–H and O–H groups in total. The van der Waals surface area contributed by atoms with E-state index >= 15 is 0 Å². The van der Waals surface area contributed by atoms with E-state index < -0.39 is 0 Å². The third-order valence-electron chi connectivity index (χ3n) is 9.28. The van der Waals surface area contributed by atoms with Crippen molar-refractivity contribution >= 4 is 23.2 Å². The van der Waals surface area contributed by atoms with Gasteiger partial charge in [0.05, 0.1) is 19.2 Å². The standard InChI is InChI=1S/C36H54N4O4/c1-26-13-9-14-27(2)34(26)37-33(41)25-40(23-30(5)44-31(6)24-40)20-12-22-43-21-11-19-39-18-8-7-17-32(39)36(42)38-35-28(3)15-10-16-29(35)4/h9-10,13-16,30-32H,7-8,11-12,17-25H2,1-6H3,(H-,37,38,41,42)/p+1. The molecular weight excluding hydrogens is 552 g/mol. The molecule has 3 unspecified atom stereocenters. The third kappa shape index (κ3) is 9.36. The summed E-state index contributed by atoms with van der Waals surface area (Å²) in [5.41, 5.74) is 6.23. The van der Waals surface area contributed by atoms with Crippen LogP contribution in [0.1, 0.15) is 68.2 Å². The zero-order chi connectivity index (χ0) is 31.7. The number of ether oxygens (including phenoxy) is 2. The first-order valence-corrected chi connectivity index (χ1v) is 16.6. The lowest BCUT2D eigenvalue weighted by Gasteiger charge is -2.45. The van der Waals surface area contributed by atoms with E-state index in [1.165, 1.54) is 0 Å². The van der Waals surface area contributed by atoms with Crippen LogP contribution < -0.4 is 10.6 Å². The van der Waals surface area contributed by atoms with Crippen LogP contribution in [-0.2, 0) is 19.1 Å². The van der Waals surface area contributed by atoms with Crippen LogP contribution in [0.25, 0.3) is 0 Å². The fourth-order valence-electron chi connectivity index (χ4n) is 7.28. The van der Waals surface area contributed by atoms with E-state index in [0.717, 1.165) is 98.5 Å². The van der Waals surface area contributed by atoms with Crippen molar-refractivity contribution in [2.24, 2.45) is 0 Å². The number of morpholine rings is 1. The van der Waals surface area contributed by atoms with Crippen LogP contribution in [0.2, 0.25) is 0 Å². The molecule has 0 bridgehead atoms. The smallest absolute Gasteiger partial charge is 0.279 e. The number of quaternary nitrogens is 1. The molecule has 2 aliphatic rings. The molecule has 4 rings (SSSR count). The van der Waals surface area contributed by atoms with Crippen LogP contribution in [0.5, 0.6) is 0 Å². The number of nitrogens with zero attached hydrogens (tertiary/aromatic N) is 2. The summed E-state index contributed by atoms with van der Waals surface area (Å²) in [5, 5.41) is 6.42. The number of amides is 2. The maximum Gasteiger partial charge on any atom is 0.279 e. The Balaban J connectivity index is 1.23. The summed E-state index contributed by atoms with van der Waals surface area (Å²) in [7, 11) is 0. The fraction of sp³-hybridized carbons (Fsp3) is 0.611. The Hall–Kier alpha value is -2.78. The second-order valence-electron chi connectivity index (χ2n) is 13.3. The molecule has 0 spiro atoms. The van der Waals surface area contributed by atoms with Crippen molar-refractivity contribution in [3.63, 3.8) is 0 Å². The molecule has 0 radical (unpaired) electrons. The number of rotatable bonds is 13. The van der Waals surface area contributed by atoms with Gasteiger partial charge in [-0.25, -0.2) is 0 Å². The van der Waals surface area contributed by atoms with Gasteiger partial charge >= 0.3 is 0 Å². The lowest BCUT2D eigenvalue weighted by Crippen LogP contribution is -2.62. The molecule has 3 atom stereocenters. The van der Waals surface area contributed by atoms with Crippen LogP contribution in [0, 0.1) is 27.7 Å². The van der Waals surface area contributed by atoms with Gasteiger partial charge in [-0.05, 0) is 89.6 Å². The highest BCUT2D eigenvalue weighted by atomic mass is 16.5. The van der Waals surface area contributed by atoms with E-state index in [4.69, 9.17) is 9.47 Å². The summed E-state index contributed by atoms with van der Waals surface area (Å²) in [5.74, 6) is 0.162. The molecule has 2 amide bonds. The first-order chi connectivity index (χ1) is 21.1. The van der Waals surface area contributed by atoms with Gasteiger partial charge in [0.1, 0.15) is 25.3 Å². The minimum atomic E-state index is -0.0907. The van der Waals surface area contributed by atoms with E-state index in [1.807, 2.05) is 64.1 Å². The molecule has 242 valence electrons. The molecule has 0 saturated carbocycles. The molecule has 2 heterocycles. The van der Waals surface area contributed by atoms with Crippen LogP contribution in [0.3, 0.4) is 0 Å². The van der Waals surface area contributed by atoms with E-state index in [-0.39, 0.29) is 30.1 Å². The number of aryl methyl sites for hydroxylation is 4. The summed E-state index contributed by atoms with van der Waals surface area (Å²) in [4.78, 5) is 28.9. The predicted octanol–water partition coefficient (Wildman–Crippen LogP) is 5.77. The first-order valence-electron chi connectivity index (χ1n) is 16.6. The van der Waals surface area contributed by atoms with Crippen molar-refractivity contribution in [3.8, 4) is 0 Å². The van der Waals surface area contributed by atoms with Crippen molar-refractivity contribution in [1.82, 2.24) is 4.90 Å². The van der Waals surface area contributed by atoms with Crippen LogP contribution in [0.4, 0.5) is 11.4 Å². The molecule has 44 heavy (non-hydrogen) atoms. The van der Waals surface area contributed by atoms with Crippen molar-refractivity contribution in [2.45, 2.75) is 91.9 Å². The molecule has 0 aliphatic carbocycles. The normalized spacial score (nSPS) is 24.2. The number of anilines is 2. The average Bonchev–Trinajstić information content (AvgIpc) is 2.96. The van der Waals surface area contributed by atoms with E-state index in [0.29, 0.717) is 24.2 Å². The summed E-state index contributed by atoms with van der Waals surface area (Å²) in [6, 6.07) is 12.1. The SMILES string of the molecule is Cc1cccc(C)c1NC(=O)C[N+]1(CCCOCCCN2CCCCC2C(=O)Nc2c(C)cccc2C)CC(C)OC(C)C1. The number of carbonyl (C=O) groups is 2. The number of benzene rings is 2. The van der Waals surface area contributed by atoms with Crippen LogP contribution in [0.15, 0.2) is 36.4 Å². The van der Waals surface area contributed by atoms with Crippen molar-refractivity contribution in [3.05, 3.63) is 58.7 Å². The molecule has 2 saturated heterocycles. The topological polar surface area (TPSA) is 79.9 Å². The van der Waals surface area contributed by atoms with Gasteiger partial charge in [-0.2, -0.15) is 0 Å². The first kappa shape index (κ1) is 34.1. The van der Waals surface area contributed by atoms with Gasteiger partial charge in [0, 0.05) is 30.9 Å². The lowest BCUT2D eigenvalue weighted by molar-refractivity contribution is -0.934. The van der Waals surface area contributed by atoms with Crippen molar-refractivity contribution in [1.29, 1.82) is 0 Å². The van der Waals surface area contributed by atoms with Gasteiger partial charge in [0.15, 0.2) is 6.54 Å². The molecular formula is C36H55N4O4+. The van der Waals surface area contributed by atoms with Crippen molar-refractivity contribution in [2.75, 3.05) is 63.1 Å². The van der Waals surface area contributed by atoms with Gasteiger partial charge in [-0.1, -0.05) is 42.8 Å². The Kier molecular flexibility index (Phi) is 12.4. The zero-order valence-electron chi connectivity index (χ0n) is 27.9. The highest BCUT2D eigenvalue weighted by Crippen LogP contribution is 2.25. The Bertz CT molecular complexity index is 1210. The summed E-state index contributed by atoms with van der Waals surface area (Å²) in [6.07, 6.45) is 5.12. The summed E-state index contributed by atoms with van der Waals surface area (Å²) in [6.45, 7) is 18.5. The number of para-hydroxylation sites is 2. The van der Waals surface area contributed by atoms with E-state index in [1.54, 1.807) is 0 Å². The van der Waals surface area contributed by atoms with Gasteiger partial charge in [-0.15, -0.1) is 0 Å². The van der Waals surface area contributed by atoms with Gasteiger partial charge in [0.2, 0.25) is 5.91 Å². The molecule has 2 fully saturated rings. The zero-order valence-corrected chi connectivity index (χ0v) is 27.9. The predicted molar refractivity (Wildman–Crippen MR) is 178 cm³/mol. The summed E-state index contributed by atoms with van der Waals surface area (Å²) < 4.78 is 12.9. The van der Waals surface area contributed by atoms with Crippen LogP contribution >= 0.6 is 0 Å². The Morgan fingerprint density at radius 3 is 2.05 bits per heavy atom. The molecule has 8 heteroatoms. The summed E-state index contributed by atoms with van der Waals surface area (Å²) >= 11 is 0. The van der Waals surface area contributed by atoms with Crippen LogP contribution in [-0.4, -0.2) is 91.9 Å². The molecule has 2 aromatic rings. The number of piperidine rings is 1. The number of hydrogen-bond acceptors (Lipinski definition) is 5. The minimum Gasteiger partial charge on any atom is -0.381 e. The van der Waals surface area contributed by atoms with Gasteiger partial charge in [0.25, 0.3) is 5.91 Å². The Morgan fingerprint density at radius 2 is 1.43 bits per heavy atom. The van der Waals surface area contributed by atoms with E-state index in [9.17, 15) is 9.59 Å². The Morgan fingerprint density at radius 1 is 0.864 bits per heavy atom. The number of likely N-dealkylation sites (tertiary alicyclic amines) is 1. The monoisotopic (exact) mass is 607 g/mol. The second-order valence-corrected chi connectivity index (χ2v) is 13.3. The lowest BCUT2D eigenvalue weighted by atomic mass is 10.0. The van der Waals surface area contributed by atoms with E-state index in [2.05, 4.69) is 29.4 Å². The largest absolute Gasteiger partial charge is 0.381 e. The highest BCUT2D eigenvalue weighted by molar-refractivity contribution is 5.96. The minimum absolute atomic E-state index is 0.0577. The number of hydrogen-bond donors (Lipinski definition) is 2. The third-order valence-corrected chi connectivity index (χ3v) is 9.28. The quantitative estimate of drug-likeness (QED) is 0.223. The second kappa shape index (κ2) is 16.0. The maximum absolute atomic E-state index is 13.3. The maximum atomic E-state index is 13.3. The molecule has 0 aromatic heterocycles. The Labute approximate surface area is 265 Å². The highest BCUT2D eigenvalue weighted by Gasteiger charge is 2.39. The number of nitrogens with one attached hydrogen (secondary N) is 2. The fourth-order valence-corrected chi connectivity index (χ4v) is 7.28. The molecule has 8 nitrogen and oxygen atoms in total.